The molecule has 0 atom stereocenters. The minimum Gasteiger partial charge on any atom is -0.378 e. The number of aliphatic imine (C=N–C) groups is 1. The molecule has 0 unspecified atom stereocenters. The van der Waals surface area contributed by atoms with Gasteiger partial charge >= 0.3 is 0 Å². The van der Waals surface area contributed by atoms with Crippen molar-refractivity contribution in [3.8, 4) is 17.3 Å². The summed E-state index contributed by atoms with van der Waals surface area (Å²) in [6.07, 6.45) is 1.52. The van der Waals surface area contributed by atoms with Crippen LogP contribution in [-0.4, -0.2) is 34.0 Å². The number of aromatic nitrogens is 3. The van der Waals surface area contributed by atoms with Crippen LogP contribution < -0.4 is 11.6 Å². The molecular weight excluding hydrogens is 392 g/mol. The summed E-state index contributed by atoms with van der Waals surface area (Å²) in [6, 6.07) is 15.0. The van der Waals surface area contributed by atoms with Gasteiger partial charge in [0.2, 0.25) is 5.95 Å². The summed E-state index contributed by atoms with van der Waals surface area (Å²) in [6.45, 7) is 2.65. The SMILES string of the molecule is COCc1cccc(CN=CC(=NN)c2cc(-c3ccc(C)c(C#N)c3)nc(N)n2)n1. The van der Waals surface area contributed by atoms with Crippen molar-refractivity contribution >= 4 is 17.9 Å². The molecular formula is C22H22N8O. The number of anilines is 1. The smallest absolute Gasteiger partial charge is 0.221 e. The fraction of sp³-hybridized carbons (Fsp3) is 0.182. The molecule has 4 N–H and O–H groups in total. The fourth-order valence-corrected chi connectivity index (χ4v) is 2.88. The number of nitriles is 1. The lowest BCUT2D eigenvalue weighted by atomic mass is 10.0. The highest BCUT2D eigenvalue weighted by Gasteiger charge is 2.11. The van der Waals surface area contributed by atoms with Gasteiger partial charge in [-0.25, -0.2) is 9.97 Å². The summed E-state index contributed by atoms with van der Waals surface area (Å²) < 4.78 is 5.10. The van der Waals surface area contributed by atoms with Gasteiger partial charge < -0.3 is 16.3 Å². The number of ether oxygens (including phenoxy) is 1. The maximum atomic E-state index is 9.29. The van der Waals surface area contributed by atoms with E-state index in [-0.39, 0.29) is 5.95 Å². The summed E-state index contributed by atoms with van der Waals surface area (Å²) in [7, 11) is 1.62. The Labute approximate surface area is 180 Å². The van der Waals surface area contributed by atoms with E-state index in [9.17, 15) is 5.26 Å². The minimum atomic E-state index is 0.0649. The van der Waals surface area contributed by atoms with Crippen LogP contribution in [0.4, 0.5) is 5.95 Å². The summed E-state index contributed by atoms with van der Waals surface area (Å²) in [4.78, 5) is 17.3. The van der Waals surface area contributed by atoms with Gasteiger partial charge in [0.05, 0.1) is 53.8 Å². The van der Waals surface area contributed by atoms with E-state index in [2.05, 4.69) is 31.1 Å². The van der Waals surface area contributed by atoms with Gasteiger partial charge in [0, 0.05) is 12.7 Å². The second-order valence-electron chi connectivity index (χ2n) is 6.68. The van der Waals surface area contributed by atoms with Crippen LogP contribution in [0.15, 0.2) is 52.6 Å². The van der Waals surface area contributed by atoms with Crippen LogP contribution in [0.1, 0.15) is 28.2 Å². The first-order valence-corrected chi connectivity index (χ1v) is 9.41. The maximum absolute atomic E-state index is 9.29. The minimum absolute atomic E-state index is 0.0649. The average Bonchev–Trinajstić information content (AvgIpc) is 2.77. The quantitative estimate of drug-likeness (QED) is 0.342. The van der Waals surface area contributed by atoms with Crippen molar-refractivity contribution in [3.63, 3.8) is 0 Å². The molecule has 3 rings (SSSR count). The lowest BCUT2D eigenvalue weighted by Gasteiger charge is -2.07. The average molecular weight is 414 g/mol. The number of methoxy groups -OCH3 is 1. The molecule has 0 saturated carbocycles. The molecule has 9 heteroatoms. The summed E-state index contributed by atoms with van der Waals surface area (Å²) >= 11 is 0. The van der Waals surface area contributed by atoms with Gasteiger partial charge in [0.15, 0.2) is 0 Å². The normalized spacial score (nSPS) is 11.6. The number of hydrogen-bond acceptors (Lipinski definition) is 9. The monoisotopic (exact) mass is 414 g/mol. The summed E-state index contributed by atoms with van der Waals surface area (Å²) in [5, 5.41) is 13.1. The number of rotatable bonds is 7. The van der Waals surface area contributed by atoms with Gasteiger partial charge in [-0.3, -0.25) is 9.98 Å². The molecule has 0 aliphatic rings. The molecule has 0 fully saturated rings. The van der Waals surface area contributed by atoms with E-state index in [0.717, 1.165) is 22.5 Å². The van der Waals surface area contributed by atoms with Crippen molar-refractivity contribution in [2.24, 2.45) is 15.9 Å². The highest BCUT2D eigenvalue weighted by Crippen LogP contribution is 2.22. The van der Waals surface area contributed by atoms with Crippen molar-refractivity contribution in [3.05, 3.63) is 70.7 Å². The number of nitrogens with two attached hydrogens (primary N) is 2. The Kier molecular flexibility index (Phi) is 6.98. The van der Waals surface area contributed by atoms with E-state index >= 15 is 0 Å². The number of aryl methyl sites for hydroxylation is 1. The molecule has 0 bridgehead atoms. The second kappa shape index (κ2) is 10.0. The molecule has 3 aromatic rings. The molecule has 0 aliphatic heterocycles. The van der Waals surface area contributed by atoms with Crippen molar-refractivity contribution < 1.29 is 4.74 Å². The zero-order valence-electron chi connectivity index (χ0n) is 17.3. The van der Waals surface area contributed by atoms with Crippen molar-refractivity contribution in [1.29, 1.82) is 5.26 Å². The second-order valence-corrected chi connectivity index (χ2v) is 6.68. The summed E-state index contributed by atoms with van der Waals surface area (Å²) in [5.41, 5.74) is 11.0. The number of nitrogens with zero attached hydrogens (tertiary/aromatic N) is 6. The standard InChI is InChI=1S/C22H22N8O/c1-14-6-7-15(8-16(14)10-23)19-9-20(29-22(24)28-19)21(30-25)12-26-11-17-4-3-5-18(27-17)13-31-2/h3-9,12H,11,13,25H2,1-2H3,(H2,24,28,29). The van der Waals surface area contributed by atoms with Gasteiger partial charge in [-0.05, 0) is 36.8 Å². The zero-order chi connectivity index (χ0) is 22.2. The largest absolute Gasteiger partial charge is 0.378 e. The Hall–Kier alpha value is -4.16. The highest BCUT2D eigenvalue weighted by molar-refractivity contribution is 6.37. The van der Waals surface area contributed by atoms with Crippen molar-refractivity contribution in [1.82, 2.24) is 15.0 Å². The lowest BCUT2D eigenvalue weighted by molar-refractivity contribution is 0.181. The number of pyridine rings is 1. The molecule has 1 aromatic carbocycles. The van der Waals surface area contributed by atoms with Crippen LogP contribution in [0.3, 0.4) is 0 Å². The van der Waals surface area contributed by atoms with Crippen molar-refractivity contribution in [2.45, 2.75) is 20.1 Å². The molecule has 0 spiro atoms. The number of nitrogen functional groups attached to an aromatic ring is 1. The van der Waals surface area contributed by atoms with Gasteiger partial charge in [0.25, 0.3) is 0 Å². The Morgan fingerprint density at radius 1 is 1.16 bits per heavy atom. The van der Waals surface area contributed by atoms with Gasteiger partial charge in [-0.2, -0.15) is 10.4 Å². The predicted molar refractivity (Wildman–Crippen MR) is 119 cm³/mol. The Bertz CT molecular complexity index is 1180. The topological polar surface area (TPSA) is 148 Å². The van der Waals surface area contributed by atoms with Gasteiger partial charge in [0.1, 0.15) is 5.71 Å². The molecule has 156 valence electrons. The van der Waals surface area contributed by atoms with E-state index < -0.39 is 0 Å². The third-order valence-corrected chi connectivity index (χ3v) is 4.42. The van der Waals surface area contributed by atoms with Crippen LogP contribution in [0.2, 0.25) is 0 Å². The van der Waals surface area contributed by atoms with Gasteiger partial charge in [-0.1, -0.05) is 18.2 Å². The Morgan fingerprint density at radius 2 is 1.97 bits per heavy atom. The van der Waals surface area contributed by atoms with E-state index in [4.69, 9.17) is 16.3 Å². The predicted octanol–water partition coefficient (Wildman–Crippen LogP) is 2.38. The molecule has 0 aliphatic carbocycles. The van der Waals surface area contributed by atoms with Crippen LogP contribution in [0.25, 0.3) is 11.3 Å². The lowest BCUT2D eigenvalue weighted by Crippen LogP contribution is -2.11. The third-order valence-electron chi connectivity index (χ3n) is 4.42. The van der Waals surface area contributed by atoms with E-state index in [1.54, 1.807) is 19.2 Å². The van der Waals surface area contributed by atoms with E-state index in [0.29, 0.717) is 35.8 Å². The first-order valence-electron chi connectivity index (χ1n) is 9.41. The van der Waals surface area contributed by atoms with Crippen LogP contribution >= 0.6 is 0 Å². The molecule has 2 heterocycles. The fourth-order valence-electron chi connectivity index (χ4n) is 2.88. The highest BCUT2D eigenvalue weighted by atomic mass is 16.5. The number of benzene rings is 1. The van der Waals surface area contributed by atoms with E-state index in [1.807, 2.05) is 37.3 Å². The van der Waals surface area contributed by atoms with Crippen LogP contribution in [0.5, 0.6) is 0 Å². The van der Waals surface area contributed by atoms with Crippen LogP contribution in [0, 0.1) is 18.3 Å². The molecule has 0 amide bonds. The Balaban J connectivity index is 1.85. The van der Waals surface area contributed by atoms with Crippen LogP contribution in [-0.2, 0) is 17.9 Å². The Morgan fingerprint density at radius 3 is 2.71 bits per heavy atom. The zero-order valence-corrected chi connectivity index (χ0v) is 17.3. The number of hydrogen-bond donors (Lipinski definition) is 2. The van der Waals surface area contributed by atoms with Gasteiger partial charge in [-0.15, -0.1) is 0 Å². The molecule has 31 heavy (non-hydrogen) atoms. The summed E-state index contributed by atoms with van der Waals surface area (Å²) in [5.74, 6) is 5.64. The van der Waals surface area contributed by atoms with E-state index in [1.165, 1.54) is 6.21 Å². The maximum Gasteiger partial charge on any atom is 0.221 e. The first-order chi connectivity index (χ1) is 15.0. The third kappa shape index (κ3) is 5.46. The molecule has 0 radical (unpaired) electrons. The molecule has 2 aromatic heterocycles. The number of hydrazone groups is 1. The molecule has 0 saturated heterocycles. The van der Waals surface area contributed by atoms with Crippen molar-refractivity contribution in [2.75, 3.05) is 12.8 Å². The first kappa shape index (κ1) is 21.5. The molecule has 9 nitrogen and oxygen atoms in total.